The third-order valence-corrected chi connectivity index (χ3v) is 3.94. The Labute approximate surface area is 128 Å². The molecule has 0 fully saturated rings. The summed E-state index contributed by atoms with van der Waals surface area (Å²) in [5.74, 6) is 0.305. The molecule has 1 aromatic carbocycles. The monoisotopic (exact) mass is 320 g/mol. The highest BCUT2D eigenvalue weighted by Crippen LogP contribution is 2.15. The van der Waals surface area contributed by atoms with Crippen LogP contribution in [-0.2, 0) is 14.8 Å². The lowest BCUT2D eigenvalue weighted by molar-refractivity contribution is -0.117. The molecule has 0 spiro atoms. The highest BCUT2D eigenvalue weighted by Gasteiger charge is 2.11. The summed E-state index contributed by atoms with van der Waals surface area (Å²) >= 11 is 0. The Morgan fingerprint density at radius 1 is 1.27 bits per heavy atom. The van der Waals surface area contributed by atoms with E-state index in [0.29, 0.717) is 5.76 Å². The molecule has 7 heteroatoms. The minimum absolute atomic E-state index is 0.0347. The lowest BCUT2D eigenvalue weighted by Crippen LogP contribution is -2.24. The second kappa shape index (κ2) is 6.59. The van der Waals surface area contributed by atoms with Crippen molar-refractivity contribution >= 4 is 22.0 Å². The first-order valence-corrected chi connectivity index (χ1v) is 8.06. The Hall–Kier alpha value is -2.38. The summed E-state index contributed by atoms with van der Waals surface area (Å²) in [6.07, 6.45) is 4.45. The molecular weight excluding hydrogens is 304 g/mol. The van der Waals surface area contributed by atoms with Gasteiger partial charge in [0.2, 0.25) is 15.9 Å². The van der Waals surface area contributed by atoms with E-state index in [1.807, 2.05) is 0 Å². The number of benzene rings is 1. The molecule has 3 N–H and O–H groups in total. The van der Waals surface area contributed by atoms with Crippen LogP contribution in [0.2, 0.25) is 0 Å². The average Bonchev–Trinajstić information content (AvgIpc) is 2.97. The van der Waals surface area contributed by atoms with Crippen molar-refractivity contribution in [2.24, 2.45) is 5.14 Å². The molecule has 0 aliphatic rings. The van der Waals surface area contributed by atoms with Crippen molar-refractivity contribution in [3.05, 3.63) is 60.1 Å². The summed E-state index contributed by atoms with van der Waals surface area (Å²) in [6.45, 7) is 1.80. The highest BCUT2D eigenvalue weighted by molar-refractivity contribution is 7.89. The Kier molecular flexibility index (Phi) is 4.79. The molecule has 2 rings (SSSR count). The van der Waals surface area contributed by atoms with Crippen molar-refractivity contribution in [2.75, 3.05) is 0 Å². The average molecular weight is 320 g/mol. The molecule has 1 atom stereocenters. The molecule has 0 aliphatic carbocycles. The third kappa shape index (κ3) is 4.31. The predicted molar refractivity (Wildman–Crippen MR) is 82.1 cm³/mol. The van der Waals surface area contributed by atoms with Crippen molar-refractivity contribution in [3.8, 4) is 0 Å². The van der Waals surface area contributed by atoms with Gasteiger partial charge in [-0.25, -0.2) is 13.6 Å². The van der Waals surface area contributed by atoms with E-state index in [2.05, 4.69) is 5.32 Å². The minimum Gasteiger partial charge on any atom is -0.465 e. The first-order chi connectivity index (χ1) is 10.4. The van der Waals surface area contributed by atoms with Gasteiger partial charge in [0.1, 0.15) is 5.76 Å². The SMILES string of the molecule is CC(NC(=O)/C=C/c1ccco1)c1ccc(S(N)(=O)=O)cc1. The van der Waals surface area contributed by atoms with E-state index < -0.39 is 10.0 Å². The number of carbonyl (C=O) groups excluding carboxylic acids is 1. The number of nitrogens with one attached hydrogen (secondary N) is 1. The highest BCUT2D eigenvalue weighted by atomic mass is 32.2. The van der Waals surface area contributed by atoms with Gasteiger partial charge in [0, 0.05) is 6.08 Å². The molecule has 1 unspecified atom stereocenters. The number of carbonyl (C=O) groups is 1. The van der Waals surface area contributed by atoms with E-state index in [1.54, 1.807) is 37.3 Å². The molecule has 0 radical (unpaired) electrons. The topological polar surface area (TPSA) is 102 Å². The first-order valence-electron chi connectivity index (χ1n) is 6.51. The van der Waals surface area contributed by atoms with Gasteiger partial charge < -0.3 is 9.73 Å². The molecule has 0 saturated carbocycles. The van der Waals surface area contributed by atoms with Gasteiger partial charge in [0.25, 0.3) is 0 Å². The Bertz CT molecular complexity index is 762. The van der Waals surface area contributed by atoms with E-state index >= 15 is 0 Å². The lowest BCUT2D eigenvalue weighted by Gasteiger charge is -2.13. The maximum atomic E-state index is 11.8. The zero-order valence-electron chi connectivity index (χ0n) is 11.9. The summed E-state index contributed by atoms with van der Waals surface area (Å²) in [7, 11) is -3.71. The molecule has 0 bridgehead atoms. The van der Waals surface area contributed by atoms with Crippen molar-refractivity contribution in [1.82, 2.24) is 5.32 Å². The van der Waals surface area contributed by atoms with Gasteiger partial charge in [-0.15, -0.1) is 0 Å². The van der Waals surface area contributed by atoms with Gasteiger partial charge in [-0.1, -0.05) is 12.1 Å². The third-order valence-electron chi connectivity index (χ3n) is 3.01. The summed E-state index contributed by atoms with van der Waals surface area (Å²) in [5.41, 5.74) is 0.771. The molecule has 0 saturated heterocycles. The fraction of sp³-hybridized carbons (Fsp3) is 0.133. The van der Waals surface area contributed by atoms with Crippen LogP contribution >= 0.6 is 0 Å². The zero-order valence-corrected chi connectivity index (χ0v) is 12.7. The van der Waals surface area contributed by atoms with Crippen molar-refractivity contribution in [3.63, 3.8) is 0 Å². The number of furan rings is 1. The number of nitrogens with two attached hydrogens (primary N) is 1. The van der Waals surface area contributed by atoms with Crippen molar-refractivity contribution < 1.29 is 17.6 Å². The molecule has 2 aromatic rings. The summed E-state index contributed by atoms with van der Waals surface area (Å²) < 4.78 is 27.4. The van der Waals surface area contributed by atoms with Crippen molar-refractivity contribution in [2.45, 2.75) is 17.9 Å². The summed E-state index contributed by atoms with van der Waals surface area (Å²) in [6, 6.07) is 9.23. The lowest BCUT2D eigenvalue weighted by atomic mass is 10.1. The fourth-order valence-electron chi connectivity index (χ4n) is 1.83. The van der Waals surface area contributed by atoms with Gasteiger partial charge >= 0.3 is 0 Å². The largest absolute Gasteiger partial charge is 0.465 e. The van der Waals surface area contributed by atoms with E-state index in [0.717, 1.165) is 5.56 Å². The van der Waals surface area contributed by atoms with Crippen LogP contribution in [0.3, 0.4) is 0 Å². The molecule has 1 heterocycles. The Morgan fingerprint density at radius 3 is 2.50 bits per heavy atom. The second-order valence-corrected chi connectivity index (χ2v) is 6.25. The molecule has 6 nitrogen and oxygen atoms in total. The Morgan fingerprint density at radius 2 is 1.95 bits per heavy atom. The summed E-state index contributed by atoms with van der Waals surface area (Å²) in [4.78, 5) is 11.8. The van der Waals surface area contributed by atoms with Gasteiger partial charge in [0.15, 0.2) is 0 Å². The number of primary sulfonamides is 1. The van der Waals surface area contributed by atoms with Gasteiger partial charge in [0.05, 0.1) is 17.2 Å². The van der Waals surface area contributed by atoms with Crippen LogP contribution in [0.15, 0.2) is 58.1 Å². The quantitative estimate of drug-likeness (QED) is 0.820. The summed E-state index contributed by atoms with van der Waals surface area (Å²) in [5, 5.41) is 7.80. The maximum Gasteiger partial charge on any atom is 0.244 e. The van der Waals surface area contributed by atoms with Crippen LogP contribution in [0.5, 0.6) is 0 Å². The van der Waals surface area contributed by atoms with Crippen LogP contribution < -0.4 is 10.5 Å². The molecule has 0 aliphatic heterocycles. The van der Waals surface area contributed by atoms with Crippen molar-refractivity contribution in [1.29, 1.82) is 0 Å². The molecule has 116 valence electrons. The fourth-order valence-corrected chi connectivity index (χ4v) is 2.35. The smallest absolute Gasteiger partial charge is 0.244 e. The predicted octanol–water partition coefficient (Wildman–Crippen LogP) is 1.82. The van der Waals surface area contributed by atoms with E-state index in [-0.39, 0.29) is 16.8 Å². The van der Waals surface area contributed by atoms with Gasteiger partial charge in [-0.3, -0.25) is 4.79 Å². The maximum absolute atomic E-state index is 11.8. The number of rotatable bonds is 5. The number of amides is 1. The normalized spacial score (nSPS) is 13.2. The standard InChI is InChI=1S/C15H16N2O4S/c1-11(12-4-7-14(8-5-12)22(16,19)20)17-15(18)9-6-13-3-2-10-21-13/h2-11H,1H3,(H,17,18)(H2,16,19,20)/b9-6+. The molecular formula is C15H16N2O4S. The minimum atomic E-state index is -3.71. The van der Waals surface area contributed by atoms with Crippen LogP contribution in [0.25, 0.3) is 6.08 Å². The van der Waals surface area contributed by atoms with E-state index in [4.69, 9.17) is 9.56 Å². The van der Waals surface area contributed by atoms with Crippen LogP contribution in [0.4, 0.5) is 0 Å². The number of sulfonamides is 1. The molecule has 22 heavy (non-hydrogen) atoms. The Balaban J connectivity index is 1.99. The number of hydrogen-bond acceptors (Lipinski definition) is 4. The molecule has 1 amide bonds. The zero-order chi connectivity index (χ0) is 16.2. The van der Waals surface area contributed by atoms with Crippen LogP contribution in [0.1, 0.15) is 24.3 Å². The first kappa shape index (κ1) is 16.0. The van der Waals surface area contributed by atoms with Gasteiger partial charge in [-0.2, -0.15) is 0 Å². The number of hydrogen-bond donors (Lipinski definition) is 2. The van der Waals surface area contributed by atoms with Crippen LogP contribution in [-0.4, -0.2) is 14.3 Å². The van der Waals surface area contributed by atoms with Gasteiger partial charge in [-0.05, 0) is 42.8 Å². The van der Waals surface area contributed by atoms with E-state index in [9.17, 15) is 13.2 Å². The van der Waals surface area contributed by atoms with E-state index in [1.165, 1.54) is 24.5 Å². The van der Waals surface area contributed by atoms with Crippen LogP contribution in [0, 0.1) is 0 Å². The second-order valence-electron chi connectivity index (χ2n) is 4.69. The molecule has 1 aromatic heterocycles.